The van der Waals surface area contributed by atoms with E-state index >= 15 is 0 Å². The Kier molecular flexibility index (Phi) is 8.20. The minimum Gasteiger partial charge on any atom is -0.412 e. The van der Waals surface area contributed by atoms with E-state index < -0.39 is 15.9 Å². The molecule has 0 amide bonds. The van der Waals surface area contributed by atoms with E-state index in [2.05, 4.69) is 0 Å². The summed E-state index contributed by atoms with van der Waals surface area (Å²) < 4.78 is 39.3. The third kappa shape index (κ3) is 7.87. The highest BCUT2D eigenvalue weighted by molar-refractivity contribution is 7.85. The van der Waals surface area contributed by atoms with Crippen LogP contribution in [0.1, 0.15) is 12.5 Å². The minimum atomic E-state index is -3.66. The summed E-state index contributed by atoms with van der Waals surface area (Å²) in [5.41, 5.74) is 0.0949. The third-order valence-corrected chi connectivity index (χ3v) is 2.09. The average molecular weight is 249 g/mol. The fourth-order valence-corrected chi connectivity index (χ4v) is 0.552. The van der Waals surface area contributed by atoms with Gasteiger partial charge >= 0.3 is 0 Å². The molecule has 0 aliphatic rings. The maximum Gasteiger partial charge on any atom is 0.264 e. The molecular weight excluding hydrogens is 237 g/mol. The van der Waals surface area contributed by atoms with Crippen LogP contribution in [0.15, 0.2) is 24.3 Å². The summed E-state index contributed by atoms with van der Waals surface area (Å²) in [7, 11) is -3.66. The van der Waals surface area contributed by atoms with Gasteiger partial charge in [-0.05, 0) is 19.1 Å². The summed E-state index contributed by atoms with van der Waals surface area (Å²) in [6.45, 7) is 1.37. The summed E-state index contributed by atoms with van der Waals surface area (Å²) in [4.78, 5) is 0. The van der Waals surface area contributed by atoms with Gasteiger partial charge in [0.15, 0.2) is 0 Å². The van der Waals surface area contributed by atoms with Crippen molar-refractivity contribution in [1.82, 2.24) is 0 Å². The second-order valence-electron chi connectivity index (χ2n) is 2.46. The van der Waals surface area contributed by atoms with Gasteiger partial charge in [-0.2, -0.15) is 13.7 Å². The van der Waals surface area contributed by atoms with Crippen molar-refractivity contribution in [2.24, 2.45) is 0 Å². The monoisotopic (exact) mass is 249 g/mol. The van der Waals surface area contributed by atoms with Crippen LogP contribution in [0.3, 0.4) is 0 Å². The van der Waals surface area contributed by atoms with Gasteiger partial charge in [0.25, 0.3) is 10.1 Å². The largest absolute Gasteiger partial charge is 0.412 e. The number of hydrogen-bond donors (Lipinski definition) is 1. The number of benzene rings is 1. The Morgan fingerprint density at radius 3 is 2.12 bits per heavy atom. The Balaban J connectivity index is 0. The molecule has 90 valence electrons. The van der Waals surface area contributed by atoms with Gasteiger partial charge in [0.1, 0.15) is 11.9 Å². The highest BCUT2D eigenvalue weighted by atomic mass is 32.2. The molecule has 0 atom stereocenters. The predicted molar refractivity (Wildman–Crippen MR) is 56.8 cm³/mol. The van der Waals surface area contributed by atoms with Crippen molar-refractivity contribution in [1.29, 1.82) is 5.26 Å². The Labute approximate surface area is 93.2 Å². The van der Waals surface area contributed by atoms with Crippen LogP contribution < -0.4 is 0 Å². The summed E-state index contributed by atoms with van der Waals surface area (Å²) in [5.74, 6) is -0.660. The van der Waals surface area contributed by atoms with Gasteiger partial charge in [-0.15, -0.1) is 0 Å². The Morgan fingerprint density at radius 1 is 1.44 bits per heavy atom. The normalized spacial score (nSPS) is 9.12. The van der Waals surface area contributed by atoms with Crippen molar-refractivity contribution in [2.75, 3.05) is 5.75 Å². The van der Waals surface area contributed by atoms with Gasteiger partial charge in [-0.1, -0.05) is 12.1 Å². The summed E-state index contributed by atoms with van der Waals surface area (Å²) in [6.07, 6.45) is 0. The van der Waals surface area contributed by atoms with E-state index in [9.17, 15) is 12.8 Å². The number of nitrogens with zero attached hydrogens (tertiary/aromatic N) is 1. The first-order valence-corrected chi connectivity index (χ1v) is 5.61. The third-order valence-electron chi connectivity index (χ3n) is 1.36. The molecule has 0 aliphatic heterocycles. The van der Waals surface area contributed by atoms with E-state index in [1.165, 1.54) is 19.1 Å². The second-order valence-corrected chi connectivity index (χ2v) is 4.20. The van der Waals surface area contributed by atoms with Crippen molar-refractivity contribution < 1.29 is 22.8 Å². The lowest BCUT2D eigenvalue weighted by Gasteiger charge is -1.86. The maximum absolute atomic E-state index is 12.4. The standard InChI is InChI=1S/C7H4FN.C2H6O3S.H2O/c8-7-4-2-1-3-6(7)5-9;1-2-6(3,4)5;/h1-4H;2H2,1H3,(H,3,4,5);1H2. The summed E-state index contributed by atoms with van der Waals surface area (Å²) in [5, 5.41) is 8.23. The molecule has 0 saturated heterocycles. The molecule has 1 aromatic rings. The Bertz CT molecular complexity index is 453. The highest BCUT2D eigenvalue weighted by Gasteiger charge is 1.94. The lowest BCUT2D eigenvalue weighted by atomic mass is 10.2. The van der Waals surface area contributed by atoms with Crippen LogP contribution >= 0.6 is 0 Å². The lowest BCUT2D eigenvalue weighted by molar-refractivity contribution is 0.484. The first kappa shape index (κ1) is 16.9. The molecule has 0 fully saturated rings. The fourth-order valence-electron chi connectivity index (χ4n) is 0.552. The quantitative estimate of drug-likeness (QED) is 0.741. The number of hydrogen-bond acceptors (Lipinski definition) is 3. The van der Waals surface area contributed by atoms with Gasteiger partial charge in [0.2, 0.25) is 0 Å². The summed E-state index contributed by atoms with van der Waals surface area (Å²) in [6, 6.07) is 7.60. The van der Waals surface area contributed by atoms with Gasteiger partial charge in [-0.25, -0.2) is 4.39 Å². The van der Waals surface area contributed by atoms with Crippen LogP contribution in [-0.2, 0) is 10.1 Å². The zero-order valence-corrected chi connectivity index (χ0v) is 9.33. The predicted octanol–water partition coefficient (Wildman–Crippen LogP) is 0.767. The van der Waals surface area contributed by atoms with Gasteiger partial charge in [0, 0.05) is 0 Å². The van der Waals surface area contributed by atoms with Gasteiger partial charge in [0.05, 0.1) is 11.3 Å². The van der Waals surface area contributed by atoms with Crippen LogP contribution in [0.5, 0.6) is 0 Å². The molecular formula is C9H12FNO4S. The first-order valence-electron chi connectivity index (χ1n) is 4.00. The molecule has 5 nitrogen and oxygen atoms in total. The van der Waals surface area contributed by atoms with Crippen LogP contribution in [0.4, 0.5) is 4.39 Å². The van der Waals surface area contributed by atoms with Crippen molar-refractivity contribution >= 4 is 10.1 Å². The highest BCUT2D eigenvalue weighted by Crippen LogP contribution is 2.02. The zero-order valence-electron chi connectivity index (χ0n) is 8.51. The number of nitriles is 1. The summed E-state index contributed by atoms with van der Waals surface area (Å²) >= 11 is 0. The molecule has 16 heavy (non-hydrogen) atoms. The molecule has 0 aromatic heterocycles. The van der Waals surface area contributed by atoms with E-state index in [0.29, 0.717) is 0 Å². The van der Waals surface area contributed by atoms with Gasteiger partial charge < -0.3 is 5.48 Å². The maximum atomic E-state index is 12.4. The van der Waals surface area contributed by atoms with Crippen LogP contribution in [0.25, 0.3) is 0 Å². The number of rotatable bonds is 1. The molecule has 0 spiro atoms. The Hall–Kier alpha value is -1.49. The smallest absolute Gasteiger partial charge is 0.264 e. The molecule has 0 radical (unpaired) electrons. The van der Waals surface area contributed by atoms with Crippen molar-refractivity contribution in [2.45, 2.75) is 6.92 Å². The lowest BCUT2D eigenvalue weighted by Crippen LogP contribution is -1.97. The van der Waals surface area contributed by atoms with E-state index in [0.717, 1.165) is 0 Å². The SMILES string of the molecule is CCS(=O)(=O)O.N#Cc1ccccc1F.O. The fraction of sp³-hybridized carbons (Fsp3) is 0.222. The van der Waals surface area contributed by atoms with Crippen molar-refractivity contribution in [3.63, 3.8) is 0 Å². The minimum absolute atomic E-state index is 0. The second kappa shape index (κ2) is 7.76. The van der Waals surface area contributed by atoms with Crippen molar-refractivity contribution in [3.05, 3.63) is 35.6 Å². The van der Waals surface area contributed by atoms with E-state index in [4.69, 9.17) is 9.81 Å². The Morgan fingerprint density at radius 2 is 1.88 bits per heavy atom. The first-order chi connectivity index (χ1) is 6.90. The molecule has 0 saturated carbocycles. The molecule has 0 unspecified atom stereocenters. The molecule has 7 heteroatoms. The molecule has 1 rings (SSSR count). The average Bonchev–Trinajstić information content (AvgIpc) is 2.18. The van der Waals surface area contributed by atoms with E-state index in [1.54, 1.807) is 18.2 Å². The molecule has 0 heterocycles. The molecule has 1 aromatic carbocycles. The van der Waals surface area contributed by atoms with Crippen molar-refractivity contribution in [3.8, 4) is 6.07 Å². The van der Waals surface area contributed by atoms with Crippen LogP contribution in [-0.4, -0.2) is 24.2 Å². The van der Waals surface area contributed by atoms with E-state index in [1.807, 2.05) is 0 Å². The molecule has 0 aliphatic carbocycles. The topological polar surface area (TPSA) is 110 Å². The van der Waals surface area contributed by atoms with Gasteiger partial charge in [-0.3, -0.25) is 4.55 Å². The zero-order chi connectivity index (χ0) is 11.9. The van der Waals surface area contributed by atoms with Crippen LogP contribution in [0.2, 0.25) is 0 Å². The van der Waals surface area contributed by atoms with Crippen LogP contribution in [0, 0.1) is 17.1 Å². The van der Waals surface area contributed by atoms with E-state index in [-0.39, 0.29) is 16.8 Å². The molecule has 3 N–H and O–H groups in total. The number of halogens is 1. The molecule has 0 bridgehead atoms.